The maximum absolute atomic E-state index is 13.1. The lowest BCUT2D eigenvalue weighted by Crippen LogP contribution is -2.43. The highest BCUT2D eigenvalue weighted by atomic mass is 32.2. The zero-order chi connectivity index (χ0) is 20.5. The highest BCUT2D eigenvalue weighted by Gasteiger charge is 2.39. The first kappa shape index (κ1) is 20.8. The molecule has 0 aromatic heterocycles. The third-order valence-electron chi connectivity index (χ3n) is 5.79. The molecule has 2 aliphatic heterocycles. The van der Waals surface area contributed by atoms with E-state index in [0.717, 1.165) is 6.42 Å². The summed E-state index contributed by atoms with van der Waals surface area (Å²) < 4.78 is 27.7. The summed E-state index contributed by atoms with van der Waals surface area (Å²) in [4.78, 5) is 25.8. The number of likely N-dealkylation sites (tertiary alicyclic amines) is 1. The predicted octanol–water partition coefficient (Wildman–Crippen LogP) is 2.30. The van der Waals surface area contributed by atoms with Crippen LogP contribution in [0.15, 0.2) is 29.2 Å². The summed E-state index contributed by atoms with van der Waals surface area (Å²) in [6.07, 6.45) is 2.07. The van der Waals surface area contributed by atoms with Crippen molar-refractivity contribution in [3.63, 3.8) is 0 Å². The molecule has 0 aliphatic carbocycles. The molecule has 8 heteroatoms. The number of hydrogen-bond acceptors (Lipinski definition) is 4. The van der Waals surface area contributed by atoms with Gasteiger partial charge in [-0.1, -0.05) is 0 Å². The molecule has 0 bridgehead atoms. The molecule has 0 saturated carbocycles. The molecule has 7 nitrogen and oxygen atoms in total. The molecule has 2 atom stereocenters. The molecule has 0 radical (unpaired) electrons. The van der Waals surface area contributed by atoms with E-state index in [0.29, 0.717) is 38.2 Å². The molecule has 0 unspecified atom stereocenters. The summed E-state index contributed by atoms with van der Waals surface area (Å²) in [6.45, 7) is 7.04. The summed E-state index contributed by atoms with van der Waals surface area (Å²) in [7, 11) is -3.59. The van der Waals surface area contributed by atoms with E-state index < -0.39 is 10.0 Å². The summed E-state index contributed by atoms with van der Waals surface area (Å²) >= 11 is 0. The van der Waals surface area contributed by atoms with E-state index in [-0.39, 0.29) is 34.6 Å². The fourth-order valence-corrected chi connectivity index (χ4v) is 5.75. The number of rotatable bonds is 4. The Labute approximate surface area is 167 Å². The minimum atomic E-state index is -3.59. The van der Waals surface area contributed by atoms with Gasteiger partial charge in [0.15, 0.2) is 0 Å². The third-order valence-corrected chi connectivity index (χ3v) is 7.67. The maximum atomic E-state index is 13.1. The van der Waals surface area contributed by atoms with Crippen LogP contribution in [0.4, 0.5) is 5.69 Å². The topological polar surface area (TPSA) is 86.8 Å². The van der Waals surface area contributed by atoms with Gasteiger partial charge < -0.3 is 10.2 Å². The summed E-state index contributed by atoms with van der Waals surface area (Å²) in [5.41, 5.74) is 0.571. The number of fused-ring (bicyclic) bond motifs is 1. The summed E-state index contributed by atoms with van der Waals surface area (Å²) in [5.74, 6) is 0.447. The van der Waals surface area contributed by atoms with E-state index in [9.17, 15) is 18.0 Å². The van der Waals surface area contributed by atoms with Gasteiger partial charge in [-0.2, -0.15) is 4.31 Å². The average Bonchev–Trinajstić information content (AvgIpc) is 2.79. The molecule has 2 fully saturated rings. The van der Waals surface area contributed by atoms with Crippen molar-refractivity contribution in [1.29, 1.82) is 0 Å². The minimum absolute atomic E-state index is 0.176. The Kier molecular flexibility index (Phi) is 6.09. The van der Waals surface area contributed by atoms with E-state index in [2.05, 4.69) is 5.32 Å². The van der Waals surface area contributed by atoms with Gasteiger partial charge in [-0.15, -0.1) is 0 Å². The van der Waals surface area contributed by atoms with Gasteiger partial charge in [-0.25, -0.2) is 8.42 Å². The lowest BCUT2D eigenvalue weighted by atomic mass is 9.83. The van der Waals surface area contributed by atoms with Crippen molar-refractivity contribution in [2.24, 2.45) is 11.8 Å². The van der Waals surface area contributed by atoms with Gasteiger partial charge in [0.25, 0.3) is 0 Å². The molecular formula is C20H29N3O4S. The van der Waals surface area contributed by atoms with Crippen LogP contribution in [0.25, 0.3) is 0 Å². The Bertz CT molecular complexity index is 836. The lowest BCUT2D eigenvalue weighted by Gasteiger charge is -2.36. The van der Waals surface area contributed by atoms with Crippen LogP contribution in [-0.2, 0) is 19.6 Å². The molecular weight excluding hydrogens is 378 g/mol. The maximum Gasteiger partial charge on any atom is 0.243 e. The minimum Gasteiger partial charge on any atom is -0.340 e. The van der Waals surface area contributed by atoms with Crippen molar-refractivity contribution in [2.45, 2.75) is 51.0 Å². The first-order valence-corrected chi connectivity index (χ1v) is 11.3. The van der Waals surface area contributed by atoms with Gasteiger partial charge >= 0.3 is 0 Å². The number of nitrogens with one attached hydrogen (secondary N) is 1. The Morgan fingerprint density at radius 2 is 1.75 bits per heavy atom. The Morgan fingerprint density at radius 1 is 1.11 bits per heavy atom. The van der Waals surface area contributed by atoms with Gasteiger partial charge in [0.05, 0.1) is 4.90 Å². The number of anilines is 1. The number of benzene rings is 1. The molecule has 2 saturated heterocycles. The van der Waals surface area contributed by atoms with Gasteiger partial charge in [0.1, 0.15) is 0 Å². The first-order valence-electron chi connectivity index (χ1n) is 9.85. The number of amides is 2. The average molecular weight is 408 g/mol. The first-order chi connectivity index (χ1) is 13.2. The van der Waals surface area contributed by atoms with Crippen molar-refractivity contribution in [1.82, 2.24) is 9.21 Å². The van der Waals surface area contributed by atoms with E-state index in [4.69, 9.17) is 0 Å². The highest BCUT2D eigenvalue weighted by Crippen LogP contribution is 2.35. The van der Waals surface area contributed by atoms with Crippen LogP contribution in [-0.4, -0.2) is 55.1 Å². The molecule has 2 amide bonds. The number of carbonyl (C=O) groups excluding carboxylic acids is 2. The molecule has 2 aliphatic rings. The number of nitrogens with zero attached hydrogens (tertiary/aromatic N) is 2. The quantitative estimate of drug-likeness (QED) is 0.830. The zero-order valence-electron chi connectivity index (χ0n) is 16.7. The fraction of sp³-hybridized carbons (Fsp3) is 0.600. The highest BCUT2D eigenvalue weighted by molar-refractivity contribution is 7.89. The largest absolute Gasteiger partial charge is 0.340 e. The van der Waals surface area contributed by atoms with Crippen molar-refractivity contribution in [3.05, 3.63) is 24.3 Å². The summed E-state index contributed by atoms with van der Waals surface area (Å²) in [5, 5.41) is 2.64. The number of piperidine rings is 1. The van der Waals surface area contributed by atoms with Gasteiger partial charge in [0, 0.05) is 44.7 Å². The van der Waals surface area contributed by atoms with Crippen LogP contribution in [0.2, 0.25) is 0 Å². The molecule has 28 heavy (non-hydrogen) atoms. The van der Waals surface area contributed by atoms with Crippen LogP contribution in [0.3, 0.4) is 0 Å². The van der Waals surface area contributed by atoms with Crippen LogP contribution in [0.5, 0.6) is 0 Å². The standard InChI is InChI=1S/C20H29N3O4S/c1-14(2)23-11-9-17-13-22(10-8-16(17)12-20(23)25)28(26,27)19-6-4-18(5-7-19)21-15(3)24/h4-7,14,16-17H,8-13H2,1-3H3,(H,21,24)/t16-,17+/m0/s1. The van der Waals surface area contributed by atoms with E-state index in [1.165, 1.54) is 19.1 Å². The normalized spacial score (nSPS) is 24.0. The summed E-state index contributed by atoms with van der Waals surface area (Å²) in [6, 6.07) is 6.44. The number of sulfonamides is 1. The second-order valence-corrected chi connectivity index (χ2v) is 9.99. The predicted molar refractivity (Wildman–Crippen MR) is 107 cm³/mol. The SMILES string of the molecule is CC(=O)Nc1ccc(S(=O)(=O)N2CC[C@H]3CC(=O)N(C(C)C)CC[C@@H]3C2)cc1. The Morgan fingerprint density at radius 3 is 2.36 bits per heavy atom. The zero-order valence-corrected chi connectivity index (χ0v) is 17.5. The number of carbonyl (C=O) groups is 2. The molecule has 1 aromatic rings. The third kappa shape index (κ3) is 4.38. The van der Waals surface area contributed by atoms with E-state index in [1.807, 2.05) is 18.7 Å². The number of hydrogen-bond donors (Lipinski definition) is 1. The van der Waals surface area contributed by atoms with Gasteiger partial charge in [-0.05, 0) is 62.8 Å². The van der Waals surface area contributed by atoms with Crippen LogP contribution in [0, 0.1) is 11.8 Å². The molecule has 1 aromatic carbocycles. The molecule has 0 spiro atoms. The van der Waals surface area contributed by atoms with Crippen molar-refractivity contribution in [3.8, 4) is 0 Å². The fourth-order valence-electron chi connectivity index (χ4n) is 4.24. The van der Waals surface area contributed by atoms with Gasteiger partial charge in [-0.3, -0.25) is 9.59 Å². The van der Waals surface area contributed by atoms with E-state index >= 15 is 0 Å². The van der Waals surface area contributed by atoms with Crippen LogP contribution >= 0.6 is 0 Å². The van der Waals surface area contributed by atoms with Crippen LogP contribution in [0.1, 0.15) is 40.0 Å². The molecule has 3 rings (SSSR count). The monoisotopic (exact) mass is 407 g/mol. The Balaban J connectivity index is 1.73. The van der Waals surface area contributed by atoms with Crippen molar-refractivity contribution in [2.75, 3.05) is 25.0 Å². The van der Waals surface area contributed by atoms with E-state index in [1.54, 1.807) is 16.4 Å². The van der Waals surface area contributed by atoms with Crippen molar-refractivity contribution >= 4 is 27.5 Å². The van der Waals surface area contributed by atoms with Crippen molar-refractivity contribution < 1.29 is 18.0 Å². The molecule has 2 heterocycles. The molecule has 1 N–H and O–H groups in total. The van der Waals surface area contributed by atoms with Crippen LogP contribution < -0.4 is 5.32 Å². The second-order valence-electron chi connectivity index (χ2n) is 8.05. The molecule has 154 valence electrons. The second kappa shape index (κ2) is 8.21. The smallest absolute Gasteiger partial charge is 0.243 e. The lowest BCUT2D eigenvalue weighted by molar-refractivity contribution is -0.133. The van der Waals surface area contributed by atoms with Gasteiger partial charge in [0.2, 0.25) is 21.8 Å². The Hall–Kier alpha value is -1.93.